The SMILES string of the molecule is CS(=O)CCNS(=O)(=O)c1c[nH]c(C(=O)O)c1. The third kappa shape index (κ3) is 3.95. The van der Waals surface area contributed by atoms with Crippen LogP contribution in [0.15, 0.2) is 17.2 Å². The van der Waals surface area contributed by atoms with E-state index in [2.05, 4.69) is 9.71 Å². The second kappa shape index (κ2) is 5.43. The van der Waals surface area contributed by atoms with E-state index in [9.17, 15) is 17.4 Å². The fourth-order valence-corrected chi connectivity index (χ4v) is 2.60. The van der Waals surface area contributed by atoms with Crippen LogP contribution in [0, 0.1) is 0 Å². The molecule has 0 spiro atoms. The summed E-state index contributed by atoms with van der Waals surface area (Å²) >= 11 is 0. The number of H-pyrrole nitrogens is 1. The van der Waals surface area contributed by atoms with Crippen LogP contribution in [0.2, 0.25) is 0 Å². The van der Waals surface area contributed by atoms with Crippen LogP contribution < -0.4 is 4.72 Å². The number of hydrogen-bond acceptors (Lipinski definition) is 4. The van der Waals surface area contributed by atoms with Gasteiger partial charge in [0, 0.05) is 35.5 Å². The van der Waals surface area contributed by atoms with Crippen LogP contribution in [-0.4, -0.2) is 47.2 Å². The van der Waals surface area contributed by atoms with Crippen LogP contribution in [0.5, 0.6) is 0 Å². The van der Waals surface area contributed by atoms with Crippen molar-refractivity contribution in [3.8, 4) is 0 Å². The molecule has 1 atom stereocenters. The molecule has 3 N–H and O–H groups in total. The van der Waals surface area contributed by atoms with Crippen molar-refractivity contribution >= 4 is 26.8 Å². The third-order valence-electron chi connectivity index (χ3n) is 1.88. The van der Waals surface area contributed by atoms with Gasteiger partial charge in [0.1, 0.15) is 10.6 Å². The van der Waals surface area contributed by atoms with Crippen molar-refractivity contribution in [1.29, 1.82) is 0 Å². The summed E-state index contributed by atoms with van der Waals surface area (Å²) in [5.74, 6) is -1.03. The largest absolute Gasteiger partial charge is 0.477 e. The predicted molar refractivity (Wildman–Crippen MR) is 61.9 cm³/mol. The van der Waals surface area contributed by atoms with E-state index >= 15 is 0 Å². The topological polar surface area (TPSA) is 116 Å². The van der Waals surface area contributed by atoms with Gasteiger partial charge in [0.05, 0.1) is 0 Å². The highest BCUT2D eigenvalue weighted by atomic mass is 32.2. The zero-order chi connectivity index (χ0) is 13.1. The van der Waals surface area contributed by atoms with Crippen LogP contribution in [0.3, 0.4) is 0 Å². The number of carbonyl (C=O) groups is 1. The van der Waals surface area contributed by atoms with E-state index in [1.807, 2.05) is 0 Å². The van der Waals surface area contributed by atoms with Crippen molar-refractivity contribution in [2.24, 2.45) is 0 Å². The Morgan fingerprint density at radius 2 is 2.24 bits per heavy atom. The fraction of sp³-hybridized carbons (Fsp3) is 0.375. The average molecular weight is 280 g/mol. The Morgan fingerprint density at radius 1 is 1.59 bits per heavy atom. The molecule has 96 valence electrons. The first-order valence-corrected chi connectivity index (χ1v) is 7.75. The highest BCUT2D eigenvalue weighted by Crippen LogP contribution is 2.10. The van der Waals surface area contributed by atoms with E-state index in [4.69, 9.17) is 5.11 Å². The molecule has 0 saturated carbocycles. The monoisotopic (exact) mass is 280 g/mol. The molecule has 1 heterocycles. The normalized spacial score (nSPS) is 13.5. The summed E-state index contributed by atoms with van der Waals surface area (Å²) in [6.07, 6.45) is 2.56. The molecule has 1 aromatic rings. The summed E-state index contributed by atoms with van der Waals surface area (Å²) in [4.78, 5) is 12.7. The molecule has 1 aromatic heterocycles. The molecule has 1 unspecified atom stereocenters. The maximum absolute atomic E-state index is 11.6. The summed E-state index contributed by atoms with van der Waals surface area (Å²) in [7, 11) is -4.84. The van der Waals surface area contributed by atoms with Crippen molar-refractivity contribution in [3.05, 3.63) is 18.0 Å². The molecule has 0 amide bonds. The van der Waals surface area contributed by atoms with Crippen molar-refractivity contribution in [2.45, 2.75) is 4.90 Å². The lowest BCUT2D eigenvalue weighted by molar-refractivity contribution is 0.0691. The number of carboxylic acid groups (broad SMARTS) is 1. The smallest absolute Gasteiger partial charge is 0.352 e. The van der Waals surface area contributed by atoms with Gasteiger partial charge in [-0.05, 0) is 6.07 Å². The zero-order valence-corrected chi connectivity index (χ0v) is 10.6. The summed E-state index contributed by atoms with van der Waals surface area (Å²) in [6.45, 7) is 0.0407. The van der Waals surface area contributed by atoms with Gasteiger partial charge in [0.2, 0.25) is 10.0 Å². The highest BCUT2D eigenvalue weighted by Gasteiger charge is 2.17. The van der Waals surface area contributed by atoms with Gasteiger partial charge >= 0.3 is 5.97 Å². The first-order chi connectivity index (χ1) is 7.83. The van der Waals surface area contributed by atoms with Gasteiger partial charge in [-0.1, -0.05) is 0 Å². The number of hydrogen-bond donors (Lipinski definition) is 3. The van der Waals surface area contributed by atoms with Gasteiger partial charge in [-0.25, -0.2) is 17.9 Å². The van der Waals surface area contributed by atoms with Crippen molar-refractivity contribution in [2.75, 3.05) is 18.6 Å². The molecule has 0 fully saturated rings. The minimum Gasteiger partial charge on any atom is -0.477 e. The Kier molecular flexibility index (Phi) is 4.43. The minimum absolute atomic E-state index is 0.0407. The number of aromatic amines is 1. The van der Waals surface area contributed by atoms with E-state index < -0.39 is 26.8 Å². The van der Waals surface area contributed by atoms with Crippen molar-refractivity contribution in [1.82, 2.24) is 9.71 Å². The third-order valence-corrected chi connectivity index (χ3v) is 4.10. The summed E-state index contributed by atoms with van der Waals surface area (Å²) in [5.41, 5.74) is -0.204. The van der Waals surface area contributed by atoms with Crippen LogP contribution in [0.4, 0.5) is 0 Å². The number of aromatic nitrogens is 1. The van der Waals surface area contributed by atoms with Gasteiger partial charge in [0.15, 0.2) is 0 Å². The molecular formula is C8H12N2O5S2. The molecule has 1 rings (SSSR count). The van der Waals surface area contributed by atoms with E-state index in [-0.39, 0.29) is 22.9 Å². The number of aromatic carboxylic acids is 1. The maximum atomic E-state index is 11.6. The van der Waals surface area contributed by atoms with Crippen molar-refractivity contribution < 1.29 is 22.5 Å². The lowest BCUT2D eigenvalue weighted by Gasteiger charge is -2.02. The lowest BCUT2D eigenvalue weighted by Crippen LogP contribution is -2.27. The predicted octanol–water partition coefficient (Wildman–Crippen LogP) is -0.630. The zero-order valence-electron chi connectivity index (χ0n) is 8.97. The molecule has 0 aliphatic heterocycles. The molecule has 0 aliphatic rings. The first-order valence-electron chi connectivity index (χ1n) is 4.54. The van der Waals surface area contributed by atoms with E-state index in [1.165, 1.54) is 6.26 Å². The minimum atomic E-state index is -3.75. The molecule has 0 radical (unpaired) electrons. The van der Waals surface area contributed by atoms with Gasteiger partial charge in [-0.2, -0.15) is 0 Å². The molecule has 0 saturated heterocycles. The molecule has 0 aliphatic carbocycles. The van der Waals surface area contributed by atoms with Gasteiger partial charge < -0.3 is 10.1 Å². The Labute approximate surface area is 101 Å². The quantitative estimate of drug-likeness (QED) is 0.641. The average Bonchev–Trinajstić information content (AvgIpc) is 2.65. The number of carboxylic acids is 1. The second-order valence-corrected chi connectivity index (χ2v) is 6.55. The molecule has 17 heavy (non-hydrogen) atoms. The van der Waals surface area contributed by atoms with E-state index in [0.29, 0.717) is 0 Å². The van der Waals surface area contributed by atoms with Gasteiger partial charge in [-0.15, -0.1) is 0 Å². The number of rotatable bonds is 6. The molecule has 0 bridgehead atoms. The van der Waals surface area contributed by atoms with Crippen LogP contribution in [0.1, 0.15) is 10.5 Å². The fourth-order valence-electron chi connectivity index (χ4n) is 1.06. The Morgan fingerprint density at radius 3 is 2.71 bits per heavy atom. The molecule has 0 aromatic carbocycles. The summed E-state index contributed by atoms with van der Waals surface area (Å²) in [6, 6.07) is 1.02. The summed E-state index contributed by atoms with van der Waals surface area (Å²) < 4.78 is 36.2. The molecule has 9 heteroatoms. The van der Waals surface area contributed by atoms with E-state index in [0.717, 1.165) is 12.3 Å². The van der Waals surface area contributed by atoms with E-state index in [1.54, 1.807) is 0 Å². The number of nitrogens with one attached hydrogen (secondary N) is 2. The number of sulfonamides is 1. The van der Waals surface area contributed by atoms with Crippen LogP contribution in [-0.2, 0) is 20.8 Å². The Hall–Kier alpha value is -1.19. The van der Waals surface area contributed by atoms with Crippen molar-refractivity contribution in [3.63, 3.8) is 0 Å². The molecule has 7 nitrogen and oxygen atoms in total. The Balaban J connectivity index is 2.75. The maximum Gasteiger partial charge on any atom is 0.352 e. The first kappa shape index (κ1) is 13.9. The molecular weight excluding hydrogens is 268 g/mol. The summed E-state index contributed by atoms with van der Waals surface area (Å²) in [5, 5.41) is 8.63. The second-order valence-electron chi connectivity index (χ2n) is 3.23. The van der Waals surface area contributed by atoms with Crippen LogP contribution in [0.25, 0.3) is 0 Å². The van der Waals surface area contributed by atoms with Gasteiger partial charge in [-0.3, -0.25) is 4.21 Å². The standard InChI is InChI=1S/C8H12N2O5S2/c1-16(13)3-2-10-17(14,15)6-4-7(8(11)12)9-5-6/h4-5,9-10H,2-3H2,1H3,(H,11,12). The highest BCUT2D eigenvalue weighted by molar-refractivity contribution is 7.89. The van der Waals surface area contributed by atoms with Gasteiger partial charge in [0.25, 0.3) is 0 Å². The van der Waals surface area contributed by atoms with Crippen LogP contribution >= 0.6 is 0 Å². The lowest BCUT2D eigenvalue weighted by atomic mass is 10.4. The Bertz CT molecular complexity index is 534.